The maximum Gasteiger partial charge on any atom is 0.241 e. The number of hydrogen-bond donors (Lipinski definition) is 2. The van der Waals surface area contributed by atoms with E-state index in [0.29, 0.717) is 37.1 Å². The molecule has 0 aliphatic heterocycles. The first-order valence-electron chi connectivity index (χ1n) is 6.67. The lowest BCUT2D eigenvalue weighted by molar-refractivity contribution is 0.196. The minimum Gasteiger partial charge on any atom is -0.385 e. The highest BCUT2D eigenvalue weighted by atomic mass is 32.2. The molecule has 20 heavy (non-hydrogen) atoms. The molecule has 0 radical (unpaired) electrons. The van der Waals surface area contributed by atoms with Crippen molar-refractivity contribution >= 4 is 21.4 Å². The van der Waals surface area contributed by atoms with Gasteiger partial charge >= 0.3 is 0 Å². The van der Waals surface area contributed by atoms with Gasteiger partial charge in [0.05, 0.1) is 0 Å². The van der Waals surface area contributed by atoms with Crippen molar-refractivity contribution in [2.75, 3.05) is 20.3 Å². The average Bonchev–Trinajstić information content (AvgIpc) is 2.74. The lowest BCUT2D eigenvalue weighted by Gasteiger charge is -2.11. The van der Waals surface area contributed by atoms with E-state index in [-0.39, 0.29) is 0 Å². The van der Waals surface area contributed by atoms with Gasteiger partial charge in [0.1, 0.15) is 4.90 Å². The minimum absolute atomic E-state index is 0.322. The Hall–Kier alpha value is -0.470. The topological polar surface area (TPSA) is 67.4 Å². The Kier molecular flexibility index (Phi) is 7.11. The second-order valence-corrected chi connectivity index (χ2v) is 7.62. The highest BCUT2D eigenvalue weighted by Crippen LogP contribution is 2.26. The molecule has 1 aromatic heterocycles. The Bertz CT molecular complexity index is 510. The Morgan fingerprint density at radius 1 is 1.40 bits per heavy atom. The van der Waals surface area contributed by atoms with Crippen LogP contribution in [0.2, 0.25) is 0 Å². The van der Waals surface area contributed by atoms with Crippen molar-refractivity contribution in [3.05, 3.63) is 15.8 Å². The van der Waals surface area contributed by atoms with Crippen LogP contribution in [0.5, 0.6) is 0 Å². The fourth-order valence-electron chi connectivity index (χ4n) is 1.76. The monoisotopic (exact) mass is 320 g/mol. The molecule has 0 saturated heterocycles. The Labute approximate surface area is 125 Å². The van der Waals surface area contributed by atoms with E-state index in [9.17, 15) is 8.42 Å². The molecule has 0 saturated carbocycles. The summed E-state index contributed by atoms with van der Waals surface area (Å²) in [6.07, 6.45) is 0.665. The van der Waals surface area contributed by atoms with Crippen LogP contribution < -0.4 is 10.0 Å². The van der Waals surface area contributed by atoms with Gasteiger partial charge in [-0.25, -0.2) is 13.1 Å². The summed E-state index contributed by atoms with van der Waals surface area (Å²) in [5.41, 5.74) is 0.801. The third-order valence-electron chi connectivity index (χ3n) is 2.75. The molecule has 0 aliphatic carbocycles. The number of aryl methyl sites for hydroxylation is 1. The summed E-state index contributed by atoms with van der Waals surface area (Å²) in [7, 11) is -1.84. The highest BCUT2D eigenvalue weighted by Gasteiger charge is 2.22. The van der Waals surface area contributed by atoms with E-state index < -0.39 is 10.0 Å². The van der Waals surface area contributed by atoms with E-state index in [2.05, 4.69) is 10.0 Å². The summed E-state index contributed by atoms with van der Waals surface area (Å²) >= 11 is 1.48. The molecule has 7 heteroatoms. The van der Waals surface area contributed by atoms with Crippen LogP contribution >= 0.6 is 11.3 Å². The first kappa shape index (κ1) is 17.6. The summed E-state index contributed by atoms with van der Waals surface area (Å²) < 4.78 is 32.3. The number of thiophene rings is 1. The van der Waals surface area contributed by atoms with Gasteiger partial charge in [0.2, 0.25) is 10.0 Å². The maximum absolute atomic E-state index is 12.4. The number of rotatable bonds is 9. The highest BCUT2D eigenvalue weighted by molar-refractivity contribution is 7.89. The second-order valence-electron chi connectivity index (χ2n) is 4.95. The number of nitrogens with one attached hydrogen (secondary N) is 2. The van der Waals surface area contributed by atoms with Crippen LogP contribution in [0.3, 0.4) is 0 Å². The van der Waals surface area contributed by atoms with Crippen molar-refractivity contribution in [1.82, 2.24) is 10.0 Å². The largest absolute Gasteiger partial charge is 0.385 e. The van der Waals surface area contributed by atoms with E-state index in [1.165, 1.54) is 11.3 Å². The summed E-state index contributed by atoms with van der Waals surface area (Å²) in [6.45, 7) is 7.42. The van der Waals surface area contributed by atoms with Crippen LogP contribution in [-0.2, 0) is 21.3 Å². The smallest absolute Gasteiger partial charge is 0.241 e. The average molecular weight is 320 g/mol. The van der Waals surface area contributed by atoms with E-state index in [0.717, 1.165) is 10.4 Å². The van der Waals surface area contributed by atoms with Gasteiger partial charge in [-0.05, 0) is 24.3 Å². The molecule has 0 aliphatic rings. The normalized spacial score (nSPS) is 12.2. The predicted octanol–water partition coefficient (Wildman–Crippen LogP) is 1.87. The molecule has 5 nitrogen and oxygen atoms in total. The predicted molar refractivity (Wildman–Crippen MR) is 82.7 cm³/mol. The minimum atomic E-state index is -3.44. The van der Waals surface area contributed by atoms with Gasteiger partial charge in [0.25, 0.3) is 0 Å². The van der Waals surface area contributed by atoms with Gasteiger partial charge in [-0.1, -0.05) is 13.8 Å². The number of hydrogen-bond acceptors (Lipinski definition) is 5. The fourth-order valence-corrected chi connectivity index (χ4v) is 4.59. The van der Waals surface area contributed by atoms with Crippen molar-refractivity contribution in [2.45, 2.75) is 44.7 Å². The van der Waals surface area contributed by atoms with Gasteiger partial charge in [-0.2, -0.15) is 0 Å². The molecule has 1 aromatic rings. The lowest BCUT2D eigenvalue weighted by Crippen LogP contribution is -2.28. The van der Waals surface area contributed by atoms with Crippen molar-refractivity contribution in [3.63, 3.8) is 0 Å². The molecule has 1 rings (SSSR count). The van der Waals surface area contributed by atoms with Crippen LogP contribution in [0, 0.1) is 6.92 Å². The van der Waals surface area contributed by atoms with Gasteiger partial charge in [0, 0.05) is 37.7 Å². The number of ether oxygens (including phenoxy) is 1. The second kappa shape index (κ2) is 8.09. The lowest BCUT2D eigenvalue weighted by atomic mass is 10.3. The van der Waals surface area contributed by atoms with Crippen LogP contribution in [0.1, 0.15) is 30.7 Å². The van der Waals surface area contributed by atoms with Gasteiger partial charge < -0.3 is 10.1 Å². The van der Waals surface area contributed by atoms with Gasteiger partial charge in [0.15, 0.2) is 0 Å². The Morgan fingerprint density at radius 3 is 2.70 bits per heavy atom. The summed E-state index contributed by atoms with van der Waals surface area (Å²) in [4.78, 5) is 1.28. The Morgan fingerprint density at radius 2 is 2.10 bits per heavy atom. The van der Waals surface area contributed by atoms with Crippen molar-refractivity contribution < 1.29 is 13.2 Å². The van der Waals surface area contributed by atoms with E-state index >= 15 is 0 Å². The molecular weight excluding hydrogens is 296 g/mol. The molecular formula is C13H24N2O3S2. The van der Waals surface area contributed by atoms with Crippen molar-refractivity contribution in [3.8, 4) is 0 Å². The summed E-state index contributed by atoms with van der Waals surface area (Å²) in [5, 5.41) is 5.15. The molecule has 2 N–H and O–H groups in total. The summed E-state index contributed by atoms with van der Waals surface area (Å²) in [5.74, 6) is 0. The van der Waals surface area contributed by atoms with Crippen molar-refractivity contribution in [1.29, 1.82) is 0 Å². The van der Waals surface area contributed by atoms with E-state index in [1.807, 2.05) is 26.2 Å². The van der Waals surface area contributed by atoms with Gasteiger partial charge in [-0.15, -0.1) is 11.3 Å². The third-order valence-corrected chi connectivity index (χ3v) is 5.67. The molecule has 0 atom stereocenters. The quantitative estimate of drug-likeness (QED) is 0.682. The maximum atomic E-state index is 12.4. The fraction of sp³-hybridized carbons (Fsp3) is 0.692. The zero-order chi connectivity index (χ0) is 15.2. The zero-order valence-electron chi connectivity index (χ0n) is 12.5. The molecule has 116 valence electrons. The molecule has 0 bridgehead atoms. The first-order chi connectivity index (χ1) is 9.38. The van der Waals surface area contributed by atoms with E-state index in [4.69, 9.17) is 4.74 Å². The third kappa shape index (κ3) is 5.14. The van der Waals surface area contributed by atoms with Crippen LogP contribution in [0.4, 0.5) is 0 Å². The van der Waals surface area contributed by atoms with Crippen LogP contribution in [0.25, 0.3) is 0 Å². The van der Waals surface area contributed by atoms with Crippen LogP contribution in [0.15, 0.2) is 10.3 Å². The summed E-state index contributed by atoms with van der Waals surface area (Å²) in [6, 6.07) is 0.322. The van der Waals surface area contributed by atoms with Crippen LogP contribution in [-0.4, -0.2) is 34.7 Å². The first-order valence-corrected chi connectivity index (χ1v) is 9.03. The Balaban J connectivity index is 2.79. The number of sulfonamides is 1. The van der Waals surface area contributed by atoms with Gasteiger partial charge in [-0.3, -0.25) is 0 Å². The molecule has 0 fully saturated rings. The molecule has 0 spiro atoms. The van der Waals surface area contributed by atoms with Crippen molar-refractivity contribution in [2.24, 2.45) is 0 Å². The molecule has 0 amide bonds. The molecule has 1 heterocycles. The SMILES string of the molecule is COCCCNS(=O)(=O)c1c(C)csc1CNC(C)C. The standard InChI is InChI=1S/C13H24N2O3S2/c1-10(2)14-8-12-13(11(3)9-19-12)20(16,17)15-6-5-7-18-4/h9-10,14-15H,5-8H2,1-4H3. The zero-order valence-corrected chi connectivity index (χ0v) is 14.2. The molecule has 0 aromatic carbocycles. The number of methoxy groups -OCH3 is 1. The van der Waals surface area contributed by atoms with E-state index in [1.54, 1.807) is 7.11 Å². The molecule has 0 unspecified atom stereocenters.